The Morgan fingerprint density at radius 2 is 1.74 bits per heavy atom. The number of carboxylic acid groups (broad SMARTS) is 1. The molecule has 6 nitrogen and oxygen atoms in total. The van der Waals surface area contributed by atoms with Gasteiger partial charge in [-0.2, -0.15) is 0 Å². The summed E-state index contributed by atoms with van der Waals surface area (Å²) in [4.78, 5) is 21.8. The molecule has 0 aliphatic carbocycles. The van der Waals surface area contributed by atoms with Crippen LogP contribution in [0.25, 0.3) is 0 Å². The van der Waals surface area contributed by atoms with Crippen LogP contribution in [0.2, 0.25) is 0 Å². The van der Waals surface area contributed by atoms with E-state index in [0.717, 1.165) is 24.6 Å². The zero-order valence-electron chi connectivity index (χ0n) is 12.9. The smallest absolute Gasteiger partial charge is 0.335 e. The number of carbonyl (C=O) groups is 1. The Balaban J connectivity index is 1.72. The molecule has 1 aromatic heterocycles. The van der Waals surface area contributed by atoms with Gasteiger partial charge in [-0.05, 0) is 37.1 Å². The Bertz CT molecular complexity index is 665. The lowest BCUT2D eigenvalue weighted by Crippen LogP contribution is -2.25. The van der Waals surface area contributed by atoms with E-state index < -0.39 is 5.97 Å². The van der Waals surface area contributed by atoms with E-state index in [0.29, 0.717) is 5.82 Å². The van der Waals surface area contributed by atoms with Gasteiger partial charge in [0, 0.05) is 24.8 Å². The van der Waals surface area contributed by atoms with Gasteiger partial charge in [-0.1, -0.05) is 12.8 Å². The Labute approximate surface area is 135 Å². The van der Waals surface area contributed by atoms with E-state index in [1.807, 2.05) is 6.07 Å². The van der Waals surface area contributed by atoms with E-state index in [1.165, 1.54) is 25.7 Å². The number of hydrogen-bond acceptors (Lipinski definition) is 5. The summed E-state index contributed by atoms with van der Waals surface area (Å²) in [5.41, 5.74) is 1.07. The predicted octanol–water partition coefficient (Wildman–Crippen LogP) is 3.30. The van der Waals surface area contributed by atoms with Crippen LogP contribution in [0.4, 0.5) is 17.3 Å². The molecule has 0 amide bonds. The predicted molar refractivity (Wildman–Crippen MR) is 89.4 cm³/mol. The summed E-state index contributed by atoms with van der Waals surface area (Å²) >= 11 is 0. The van der Waals surface area contributed by atoms with E-state index in [9.17, 15) is 4.79 Å². The Morgan fingerprint density at radius 3 is 2.39 bits per heavy atom. The maximum absolute atomic E-state index is 10.9. The van der Waals surface area contributed by atoms with Gasteiger partial charge in [0.15, 0.2) is 0 Å². The second-order valence-corrected chi connectivity index (χ2v) is 5.67. The molecule has 23 heavy (non-hydrogen) atoms. The quantitative estimate of drug-likeness (QED) is 0.902. The lowest BCUT2D eigenvalue weighted by Gasteiger charge is -2.21. The summed E-state index contributed by atoms with van der Waals surface area (Å²) in [5.74, 6) is 0.718. The van der Waals surface area contributed by atoms with Crippen molar-refractivity contribution < 1.29 is 9.90 Å². The molecule has 1 fully saturated rings. The Kier molecular flexibility index (Phi) is 4.71. The molecule has 0 unspecified atom stereocenters. The highest BCUT2D eigenvalue weighted by Gasteiger charge is 2.12. The first-order chi connectivity index (χ1) is 11.2. The van der Waals surface area contributed by atoms with Crippen molar-refractivity contribution in [2.75, 3.05) is 23.3 Å². The molecule has 2 aromatic rings. The van der Waals surface area contributed by atoms with Crippen LogP contribution in [0.15, 0.2) is 36.7 Å². The highest BCUT2D eigenvalue weighted by molar-refractivity contribution is 5.88. The summed E-state index contributed by atoms with van der Waals surface area (Å²) in [6.07, 6.45) is 6.52. The molecule has 0 atom stereocenters. The molecule has 6 heteroatoms. The van der Waals surface area contributed by atoms with Crippen molar-refractivity contribution in [1.82, 2.24) is 9.97 Å². The number of rotatable bonds is 4. The van der Waals surface area contributed by atoms with E-state index in [1.54, 1.807) is 30.6 Å². The van der Waals surface area contributed by atoms with Crippen LogP contribution in [-0.4, -0.2) is 34.1 Å². The normalized spacial score (nSPS) is 15.0. The SMILES string of the molecule is O=C(O)c1ccc(Nc2cc(N3CCCCCC3)ncn2)cc1. The number of aromatic nitrogens is 2. The van der Waals surface area contributed by atoms with Crippen LogP contribution in [0.5, 0.6) is 0 Å². The third-order valence-electron chi connectivity index (χ3n) is 3.99. The molecule has 0 saturated carbocycles. The second kappa shape index (κ2) is 7.09. The molecular formula is C17H20N4O2. The minimum Gasteiger partial charge on any atom is -0.478 e. The molecule has 120 valence electrons. The fraction of sp³-hybridized carbons (Fsp3) is 0.353. The molecule has 2 heterocycles. The molecule has 1 aliphatic rings. The van der Waals surface area contributed by atoms with Crippen molar-refractivity contribution in [1.29, 1.82) is 0 Å². The Hall–Kier alpha value is -2.63. The number of benzene rings is 1. The fourth-order valence-electron chi connectivity index (χ4n) is 2.73. The van der Waals surface area contributed by atoms with Crippen molar-refractivity contribution in [2.24, 2.45) is 0 Å². The van der Waals surface area contributed by atoms with Gasteiger partial charge in [-0.25, -0.2) is 14.8 Å². The summed E-state index contributed by atoms with van der Waals surface area (Å²) in [7, 11) is 0. The first kappa shape index (κ1) is 15.3. The lowest BCUT2D eigenvalue weighted by molar-refractivity contribution is 0.0697. The maximum atomic E-state index is 10.9. The van der Waals surface area contributed by atoms with E-state index >= 15 is 0 Å². The highest BCUT2D eigenvalue weighted by atomic mass is 16.4. The van der Waals surface area contributed by atoms with Crippen LogP contribution in [0, 0.1) is 0 Å². The molecule has 1 aromatic carbocycles. The van der Waals surface area contributed by atoms with Crippen molar-refractivity contribution >= 4 is 23.3 Å². The molecule has 1 aliphatic heterocycles. The monoisotopic (exact) mass is 312 g/mol. The van der Waals surface area contributed by atoms with Crippen molar-refractivity contribution in [3.05, 3.63) is 42.2 Å². The molecule has 0 bridgehead atoms. The summed E-state index contributed by atoms with van der Waals surface area (Å²) in [6.45, 7) is 2.06. The first-order valence-corrected chi connectivity index (χ1v) is 7.90. The number of carboxylic acids is 1. The van der Waals surface area contributed by atoms with Crippen LogP contribution in [0.3, 0.4) is 0 Å². The van der Waals surface area contributed by atoms with E-state index in [-0.39, 0.29) is 5.56 Å². The summed E-state index contributed by atoms with van der Waals surface area (Å²) < 4.78 is 0. The topological polar surface area (TPSA) is 78.4 Å². The first-order valence-electron chi connectivity index (χ1n) is 7.90. The van der Waals surface area contributed by atoms with Crippen LogP contribution in [-0.2, 0) is 0 Å². The molecule has 0 spiro atoms. The van der Waals surface area contributed by atoms with Gasteiger partial charge in [0.2, 0.25) is 0 Å². The minimum atomic E-state index is -0.929. The van der Waals surface area contributed by atoms with Gasteiger partial charge in [0.1, 0.15) is 18.0 Å². The highest BCUT2D eigenvalue weighted by Crippen LogP contribution is 2.21. The molecule has 1 saturated heterocycles. The zero-order valence-corrected chi connectivity index (χ0v) is 12.9. The van der Waals surface area contributed by atoms with Gasteiger partial charge in [0.25, 0.3) is 0 Å². The number of anilines is 3. The zero-order chi connectivity index (χ0) is 16.1. The largest absolute Gasteiger partial charge is 0.478 e. The van der Waals surface area contributed by atoms with Gasteiger partial charge < -0.3 is 15.3 Å². The van der Waals surface area contributed by atoms with Gasteiger partial charge >= 0.3 is 5.97 Å². The van der Waals surface area contributed by atoms with E-state index in [2.05, 4.69) is 20.2 Å². The average molecular weight is 312 g/mol. The second-order valence-electron chi connectivity index (χ2n) is 5.67. The van der Waals surface area contributed by atoms with Crippen molar-refractivity contribution in [3.63, 3.8) is 0 Å². The minimum absolute atomic E-state index is 0.267. The average Bonchev–Trinajstić information content (AvgIpc) is 2.85. The van der Waals surface area contributed by atoms with Gasteiger partial charge in [-0.15, -0.1) is 0 Å². The Morgan fingerprint density at radius 1 is 1.04 bits per heavy atom. The van der Waals surface area contributed by atoms with Crippen molar-refractivity contribution in [2.45, 2.75) is 25.7 Å². The fourth-order valence-corrected chi connectivity index (χ4v) is 2.73. The van der Waals surface area contributed by atoms with Crippen LogP contribution < -0.4 is 10.2 Å². The molecule has 3 rings (SSSR count). The molecular weight excluding hydrogens is 292 g/mol. The number of nitrogens with one attached hydrogen (secondary N) is 1. The van der Waals surface area contributed by atoms with Crippen LogP contribution in [0.1, 0.15) is 36.0 Å². The number of aromatic carboxylic acids is 1. The third kappa shape index (κ3) is 3.97. The van der Waals surface area contributed by atoms with E-state index in [4.69, 9.17) is 5.11 Å². The van der Waals surface area contributed by atoms with Crippen LogP contribution >= 0.6 is 0 Å². The summed E-state index contributed by atoms with van der Waals surface area (Å²) in [5, 5.41) is 12.1. The molecule has 2 N–H and O–H groups in total. The standard InChI is InChI=1S/C17H20N4O2/c22-17(23)13-5-7-14(8-6-13)20-15-11-16(19-12-18-15)21-9-3-1-2-4-10-21/h5-8,11-12H,1-4,9-10H2,(H,22,23)(H,18,19,20). The number of hydrogen-bond donors (Lipinski definition) is 2. The maximum Gasteiger partial charge on any atom is 0.335 e. The molecule has 0 radical (unpaired) electrons. The number of nitrogens with zero attached hydrogens (tertiary/aromatic N) is 3. The van der Waals surface area contributed by atoms with Gasteiger partial charge in [0.05, 0.1) is 5.56 Å². The van der Waals surface area contributed by atoms with Crippen molar-refractivity contribution in [3.8, 4) is 0 Å². The lowest BCUT2D eigenvalue weighted by atomic mass is 10.2. The third-order valence-corrected chi connectivity index (χ3v) is 3.99. The van der Waals surface area contributed by atoms with Gasteiger partial charge in [-0.3, -0.25) is 0 Å². The summed E-state index contributed by atoms with van der Waals surface area (Å²) in [6, 6.07) is 8.55.